The van der Waals surface area contributed by atoms with Crippen molar-refractivity contribution in [3.05, 3.63) is 21.7 Å². The highest BCUT2D eigenvalue weighted by Crippen LogP contribution is 2.34. The summed E-state index contributed by atoms with van der Waals surface area (Å²) in [5, 5.41) is 9.87. The van der Waals surface area contributed by atoms with E-state index in [1.165, 1.54) is 12.8 Å². The smallest absolute Gasteiger partial charge is 0.257 e. The monoisotopic (exact) mass is 250 g/mol. The largest absolute Gasteiger partial charge is 0.493 e. The van der Waals surface area contributed by atoms with Gasteiger partial charge in [0.15, 0.2) is 0 Å². The summed E-state index contributed by atoms with van der Waals surface area (Å²) in [7, 11) is 0. The summed E-state index contributed by atoms with van der Waals surface area (Å²) in [5.74, 6) is 1.56. The lowest BCUT2D eigenvalue weighted by Gasteiger charge is -2.25. The van der Waals surface area contributed by atoms with Crippen LogP contribution in [-0.4, -0.2) is 15.1 Å². The number of aromatic amines is 1. The van der Waals surface area contributed by atoms with Crippen molar-refractivity contribution in [2.45, 2.75) is 58.3 Å². The van der Waals surface area contributed by atoms with Crippen molar-refractivity contribution in [1.29, 1.82) is 0 Å². The van der Waals surface area contributed by atoms with Crippen LogP contribution in [0.2, 0.25) is 0 Å². The molecule has 18 heavy (non-hydrogen) atoms. The van der Waals surface area contributed by atoms with E-state index in [2.05, 4.69) is 16.9 Å². The average molecular weight is 250 g/mol. The summed E-state index contributed by atoms with van der Waals surface area (Å²) in [5.41, 5.74) is 0.252. The summed E-state index contributed by atoms with van der Waals surface area (Å²) in [4.78, 5) is 19.0. The molecule has 1 aromatic heterocycles. The summed E-state index contributed by atoms with van der Waals surface area (Å²) < 4.78 is 0. The average Bonchev–Trinajstić information content (AvgIpc) is 2.33. The van der Waals surface area contributed by atoms with Crippen LogP contribution in [0.25, 0.3) is 0 Å². The third-order valence-corrected chi connectivity index (χ3v) is 3.84. The van der Waals surface area contributed by atoms with Crippen molar-refractivity contribution in [1.82, 2.24) is 9.97 Å². The minimum Gasteiger partial charge on any atom is -0.493 e. The zero-order valence-corrected chi connectivity index (χ0v) is 11.2. The first-order valence-electron chi connectivity index (χ1n) is 6.93. The first-order valence-corrected chi connectivity index (χ1v) is 6.93. The van der Waals surface area contributed by atoms with Gasteiger partial charge in [0.25, 0.3) is 5.56 Å². The van der Waals surface area contributed by atoms with E-state index in [-0.39, 0.29) is 11.4 Å². The molecule has 2 N–H and O–H groups in total. The molecule has 1 saturated carbocycles. The Labute approximate surface area is 107 Å². The number of rotatable bonds is 3. The van der Waals surface area contributed by atoms with Gasteiger partial charge in [0.05, 0.1) is 5.56 Å². The molecule has 1 aliphatic carbocycles. The van der Waals surface area contributed by atoms with Crippen molar-refractivity contribution in [2.24, 2.45) is 5.92 Å². The van der Waals surface area contributed by atoms with Crippen molar-refractivity contribution < 1.29 is 5.11 Å². The first kappa shape index (κ1) is 13.1. The number of hydrogen-bond acceptors (Lipinski definition) is 3. The fraction of sp³-hybridized carbons (Fsp3) is 0.714. The highest BCUT2D eigenvalue weighted by molar-refractivity contribution is 5.23. The molecule has 0 radical (unpaired) electrons. The Morgan fingerprint density at radius 1 is 1.44 bits per heavy atom. The van der Waals surface area contributed by atoms with E-state index in [4.69, 9.17) is 0 Å². The van der Waals surface area contributed by atoms with Crippen LogP contribution < -0.4 is 5.56 Å². The zero-order chi connectivity index (χ0) is 13.1. The Hall–Kier alpha value is -1.32. The molecule has 2 rings (SSSR count). The molecule has 4 heteroatoms. The summed E-state index contributed by atoms with van der Waals surface area (Å²) in [6, 6.07) is 0. The summed E-state index contributed by atoms with van der Waals surface area (Å²) in [6.07, 6.45) is 5.94. The van der Waals surface area contributed by atoms with E-state index in [9.17, 15) is 9.90 Å². The minimum atomic E-state index is -0.169. The second-order valence-electron chi connectivity index (χ2n) is 5.47. The Morgan fingerprint density at radius 2 is 2.22 bits per heavy atom. The molecule has 2 unspecified atom stereocenters. The van der Waals surface area contributed by atoms with E-state index in [0.29, 0.717) is 29.6 Å². The molecule has 1 aliphatic rings. The van der Waals surface area contributed by atoms with Gasteiger partial charge in [0, 0.05) is 5.92 Å². The lowest BCUT2D eigenvalue weighted by atomic mass is 9.82. The van der Waals surface area contributed by atoms with Crippen LogP contribution in [0.15, 0.2) is 4.79 Å². The van der Waals surface area contributed by atoms with Gasteiger partial charge in [0.1, 0.15) is 5.82 Å². The van der Waals surface area contributed by atoms with Crippen LogP contribution in [0, 0.1) is 5.92 Å². The van der Waals surface area contributed by atoms with Gasteiger partial charge in [0.2, 0.25) is 5.88 Å². The highest BCUT2D eigenvalue weighted by atomic mass is 16.3. The maximum atomic E-state index is 11.9. The molecule has 0 saturated heterocycles. The van der Waals surface area contributed by atoms with E-state index in [1.54, 1.807) is 0 Å². The molecule has 1 aromatic rings. The molecule has 0 bridgehead atoms. The van der Waals surface area contributed by atoms with E-state index >= 15 is 0 Å². The van der Waals surface area contributed by atoms with Gasteiger partial charge < -0.3 is 10.1 Å². The Morgan fingerprint density at radius 3 is 2.83 bits per heavy atom. The van der Waals surface area contributed by atoms with Crippen LogP contribution in [-0.2, 0) is 6.42 Å². The second kappa shape index (κ2) is 5.55. The Bertz CT molecular complexity index is 467. The van der Waals surface area contributed by atoms with Gasteiger partial charge in [-0.1, -0.05) is 33.1 Å². The van der Waals surface area contributed by atoms with Crippen LogP contribution in [0.1, 0.15) is 63.3 Å². The topological polar surface area (TPSA) is 66.0 Å². The van der Waals surface area contributed by atoms with E-state index in [0.717, 1.165) is 19.3 Å². The SMILES string of the molecule is CCCc1c(O)nc(C2CCCC(C)C2)[nH]c1=O. The first-order chi connectivity index (χ1) is 8.61. The number of H-pyrrole nitrogens is 1. The fourth-order valence-electron chi connectivity index (χ4n) is 2.85. The van der Waals surface area contributed by atoms with Crippen LogP contribution in [0.3, 0.4) is 0 Å². The van der Waals surface area contributed by atoms with Crippen LogP contribution in [0.4, 0.5) is 0 Å². The van der Waals surface area contributed by atoms with Crippen molar-refractivity contribution in [3.63, 3.8) is 0 Å². The lowest BCUT2D eigenvalue weighted by Crippen LogP contribution is -2.21. The number of hydrogen-bond donors (Lipinski definition) is 2. The molecule has 100 valence electrons. The Balaban J connectivity index is 2.27. The minimum absolute atomic E-state index is 0.0752. The molecule has 1 heterocycles. The van der Waals surface area contributed by atoms with Gasteiger partial charge in [-0.25, -0.2) is 0 Å². The van der Waals surface area contributed by atoms with Crippen molar-refractivity contribution >= 4 is 0 Å². The lowest BCUT2D eigenvalue weighted by molar-refractivity contribution is 0.330. The number of aromatic nitrogens is 2. The molecule has 0 aliphatic heterocycles. The fourth-order valence-corrected chi connectivity index (χ4v) is 2.85. The second-order valence-corrected chi connectivity index (χ2v) is 5.47. The quantitative estimate of drug-likeness (QED) is 0.866. The maximum absolute atomic E-state index is 11.9. The highest BCUT2D eigenvalue weighted by Gasteiger charge is 2.23. The summed E-state index contributed by atoms with van der Waals surface area (Å²) >= 11 is 0. The van der Waals surface area contributed by atoms with Crippen molar-refractivity contribution in [3.8, 4) is 5.88 Å². The molecule has 1 fully saturated rings. The van der Waals surface area contributed by atoms with Crippen LogP contribution in [0.5, 0.6) is 5.88 Å². The predicted octanol–water partition coefficient (Wildman–Crippen LogP) is 2.72. The van der Waals surface area contributed by atoms with Gasteiger partial charge >= 0.3 is 0 Å². The molecular weight excluding hydrogens is 228 g/mol. The number of nitrogens with one attached hydrogen (secondary N) is 1. The zero-order valence-electron chi connectivity index (χ0n) is 11.2. The van der Waals surface area contributed by atoms with E-state index in [1.807, 2.05) is 6.92 Å². The summed E-state index contributed by atoms with van der Waals surface area (Å²) in [6.45, 7) is 4.21. The number of nitrogens with zero attached hydrogens (tertiary/aromatic N) is 1. The molecule has 0 amide bonds. The van der Waals surface area contributed by atoms with Gasteiger partial charge in [-0.2, -0.15) is 4.98 Å². The number of aromatic hydroxyl groups is 1. The van der Waals surface area contributed by atoms with Crippen molar-refractivity contribution in [2.75, 3.05) is 0 Å². The van der Waals surface area contributed by atoms with Crippen LogP contribution >= 0.6 is 0 Å². The van der Waals surface area contributed by atoms with Gasteiger partial charge in [-0.3, -0.25) is 4.79 Å². The normalized spacial score (nSPS) is 24.1. The third kappa shape index (κ3) is 2.74. The van der Waals surface area contributed by atoms with E-state index < -0.39 is 0 Å². The molecular formula is C14H22N2O2. The molecule has 2 atom stereocenters. The maximum Gasteiger partial charge on any atom is 0.257 e. The Kier molecular flexibility index (Phi) is 4.04. The molecule has 0 aromatic carbocycles. The molecule has 0 spiro atoms. The molecule has 4 nitrogen and oxygen atoms in total. The van der Waals surface area contributed by atoms with Gasteiger partial charge in [-0.15, -0.1) is 0 Å². The predicted molar refractivity (Wildman–Crippen MR) is 70.9 cm³/mol. The third-order valence-electron chi connectivity index (χ3n) is 3.84. The standard InChI is InChI=1S/C14H22N2O2/c1-3-5-11-13(17)15-12(16-14(11)18)10-7-4-6-9(2)8-10/h9-10H,3-8H2,1-2H3,(H2,15,16,17,18). The van der Waals surface area contributed by atoms with Gasteiger partial charge in [-0.05, 0) is 25.2 Å².